The van der Waals surface area contributed by atoms with E-state index in [0.717, 1.165) is 9.35 Å². The molecule has 0 aliphatic carbocycles. The summed E-state index contributed by atoms with van der Waals surface area (Å²) in [5.74, 6) is 0. The summed E-state index contributed by atoms with van der Waals surface area (Å²) in [6.45, 7) is 1.87. The molecule has 1 N–H and O–H groups in total. The van der Waals surface area contributed by atoms with Crippen LogP contribution in [0.3, 0.4) is 0 Å². The summed E-state index contributed by atoms with van der Waals surface area (Å²) in [6.07, 6.45) is 0.673. The van der Waals surface area contributed by atoms with E-state index in [1.807, 2.05) is 37.3 Å². The van der Waals surface area contributed by atoms with Crippen molar-refractivity contribution in [3.63, 3.8) is 0 Å². The van der Waals surface area contributed by atoms with Crippen LogP contribution in [0.5, 0.6) is 0 Å². The first kappa shape index (κ1) is 14.7. The van der Waals surface area contributed by atoms with Crippen molar-refractivity contribution in [1.29, 1.82) is 0 Å². The molecule has 102 valence electrons. The van der Waals surface area contributed by atoms with Gasteiger partial charge in [-0.05, 0) is 47.0 Å². The zero-order valence-corrected chi connectivity index (χ0v) is 13.6. The molecule has 6 heteroatoms. The molecule has 2 rings (SSSR count). The lowest BCUT2D eigenvalue weighted by Gasteiger charge is -2.13. The normalized spacial score (nSPS) is 13.4. The molecular weight excluding hydrogens is 346 g/mol. The molecule has 0 amide bonds. The van der Waals surface area contributed by atoms with Gasteiger partial charge in [-0.15, -0.1) is 11.3 Å². The SMILES string of the molecule is CC(Cc1ccccc1)NS(=O)(=O)c1ccc(Br)s1. The first-order chi connectivity index (χ1) is 8.97. The Labute approximate surface area is 125 Å². The van der Waals surface area contributed by atoms with E-state index in [1.54, 1.807) is 12.1 Å². The van der Waals surface area contributed by atoms with Gasteiger partial charge in [0.25, 0.3) is 0 Å². The number of hydrogen-bond acceptors (Lipinski definition) is 3. The van der Waals surface area contributed by atoms with Gasteiger partial charge < -0.3 is 0 Å². The van der Waals surface area contributed by atoms with Crippen LogP contribution in [0.25, 0.3) is 0 Å². The van der Waals surface area contributed by atoms with Gasteiger partial charge in [0.2, 0.25) is 10.0 Å². The van der Waals surface area contributed by atoms with Gasteiger partial charge in [0.05, 0.1) is 3.79 Å². The smallest absolute Gasteiger partial charge is 0.207 e. The van der Waals surface area contributed by atoms with Crippen molar-refractivity contribution >= 4 is 37.3 Å². The number of benzene rings is 1. The topological polar surface area (TPSA) is 46.2 Å². The standard InChI is InChI=1S/C13H14BrNO2S2/c1-10(9-11-5-3-2-4-6-11)15-19(16,17)13-8-7-12(14)18-13/h2-8,10,15H,9H2,1H3. The highest BCUT2D eigenvalue weighted by atomic mass is 79.9. The second kappa shape index (κ2) is 6.17. The Kier molecular flexibility index (Phi) is 4.78. The van der Waals surface area contributed by atoms with Crippen LogP contribution in [-0.4, -0.2) is 14.5 Å². The van der Waals surface area contributed by atoms with E-state index in [9.17, 15) is 8.42 Å². The Morgan fingerprint density at radius 1 is 1.21 bits per heavy atom. The zero-order chi connectivity index (χ0) is 13.9. The molecule has 1 aromatic carbocycles. The Hall–Kier alpha value is -0.690. The van der Waals surface area contributed by atoms with Gasteiger partial charge in [-0.2, -0.15) is 0 Å². The predicted molar refractivity (Wildman–Crippen MR) is 81.9 cm³/mol. The lowest BCUT2D eigenvalue weighted by Crippen LogP contribution is -2.33. The van der Waals surface area contributed by atoms with E-state index < -0.39 is 10.0 Å². The summed E-state index contributed by atoms with van der Waals surface area (Å²) in [4.78, 5) is 0. The van der Waals surface area contributed by atoms with E-state index in [0.29, 0.717) is 10.6 Å². The Morgan fingerprint density at radius 3 is 2.47 bits per heavy atom. The Balaban J connectivity index is 2.04. The van der Waals surface area contributed by atoms with E-state index in [-0.39, 0.29) is 6.04 Å². The van der Waals surface area contributed by atoms with Crippen molar-refractivity contribution in [1.82, 2.24) is 4.72 Å². The molecule has 0 saturated carbocycles. The maximum atomic E-state index is 12.1. The predicted octanol–water partition coefficient (Wildman–Crippen LogP) is 3.42. The molecule has 1 unspecified atom stereocenters. The molecule has 0 aliphatic rings. The van der Waals surface area contributed by atoms with Crippen LogP contribution in [0.1, 0.15) is 12.5 Å². The molecule has 0 radical (unpaired) electrons. The average molecular weight is 360 g/mol. The quantitative estimate of drug-likeness (QED) is 0.888. The maximum Gasteiger partial charge on any atom is 0.250 e. The van der Waals surface area contributed by atoms with Crippen LogP contribution in [0, 0.1) is 0 Å². The van der Waals surface area contributed by atoms with Crippen molar-refractivity contribution in [2.24, 2.45) is 0 Å². The Bertz CT molecular complexity index is 638. The molecule has 3 nitrogen and oxygen atoms in total. The number of halogens is 1. The minimum atomic E-state index is -3.42. The summed E-state index contributed by atoms with van der Waals surface area (Å²) in [5, 5.41) is 0. The summed E-state index contributed by atoms with van der Waals surface area (Å²) in [6, 6.07) is 13.0. The molecule has 1 atom stereocenters. The monoisotopic (exact) mass is 359 g/mol. The van der Waals surface area contributed by atoms with Gasteiger partial charge in [-0.1, -0.05) is 30.3 Å². The lowest BCUT2D eigenvalue weighted by molar-refractivity contribution is 0.562. The first-order valence-corrected chi connectivity index (χ1v) is 8.88. The van der Waals surface area contributed by atoms with E-state index >= 15 is 0 Å². The number of rotatable bonds is 5. The molecule has 0 saturated heterocycles. The third-order valence-corrected chi connectivity index (χ3v) is 6.26. The second-order valence-electron chi connectivity index (χ2n) is 4.27. The molecule has 0 bridgehead atoms. The van der Waals surface area contributed by atoms with Gasteiger partial charge >= 0.3 is 0 Å². The van der Waals surface area contributed by atoms with Crippen LogP contribution >= 0.6 is 27.3 Å². The van der Waals surface area contributed by atoms with Crippen LogP contribution in [-0.2, 0) is 16.4 Å². The molecule has 0 spiro atoms. The van der Waals surface area contributed by atoms with Gasteiger partial charge in [-0.25, -0.2) is 13.1 Å². The minimum absolute atomic E-state index is 0.145. The molecule has 19 heavy (non-hydrogen) atoms. The molecule has 1 heterocycles. The summed E-state index contributed by atoms with van der Waals surface area (Å²) in [5.41, 5.74) is 1.12. The average Bonchev–Trinajstić information content (AvgIpc) is 2.77. The molecule has 0 fully saturated rings. The summed E-state index contributed by atoms with van der Waals surface area (Å²) < 4.78 is 28.1. The fraction of sp³-hybridized carbons (Fsp3) is 0.231. The highest BCUT2D eigenvalue weighted by molar-refractivity contribution is 9.11. The molecule has 1 aromatic heterocycles. The summed E-state index contributed by atoms with van der Waals surface area (Å²) >= 11 is 4.48. The van der Waals surface area contributed by atoms with Crippen molar-refractivity contribution in [2.45, 2.75) is 23.6 Å². The van der Waals surface area contributed by atoms with Gasteiger partial charge in [0.1, 0.15) is 4.21 Å². The maximum absolute atomic E-state index is 12.1. The van der Waals surface area contributed by atoms with Crippen LogP contribution in [0.15, 0.2) is 50.5 Å². The van der Waals surface area contributed by atoms with Crippen molar-refractivity contribution in [2.75, 3.05) is 0 Å². The Morgan fingerprint density at radius 2 is 1.89 bits per heavy atom. The van der Waals surface area contributed by atoms with Crippen molar-refractivity contribution in [3.8, 4) is 0 Å². The number of nitrogens with one attached hydrogen (secondary N) is 1. The first-order valence-electron chi connectivity index (χ1n) is 5.79. The van der Waals surface area contributed by atoms with Crippen LogP contribution in [0.2, 0.25) is 0 Å². The number of thiophene rings is 1. The highest BCUT2D eigenvalue weighted by Crippen LogP contribution is 2.26. The van der Waals surface area contributed by atoms with Crippen LogP contribution < -0.4 is 4.72 Å². The lowest BCUT2D eigenvalue weighted by atomic mass is 10.1. The van der Waals surface area contributed by atoms with E-state index in [2.05, 4.69) is 20.7 Å². The van der Waals surface area contributed by atoms with E-state index in [4.69, 9.17) is 0 Å². The van der Waals surface area contributed by atoms with Gasteiger partial charge in [-0.3, -0.25) is 0 Å². The number of sulfonamides is 1. The third kappa shape index (κ3) is 4.14. The third-order valence-electron chi connectivity index (χ3n) is 2.55. The minimum Gasteiger partial charge on any atom is -0.207 e. The highest BCUT2D eigenvalue weighted by Gasteiger charge is 2.19. The molecular formula is C13H14BrNO2S2. The second-order valence-corrected chi connectivity index (χ2v) is 8.67. The van der Waals surface area contributed by atoms with Crippen LogP contribution in [0.4, 0.5) is 0 Å². The number of hydrogen-bond donors (Lipinski definition) is 1. The van der Waals surface area contributed by atoms with Gasteiger partial charge in [0, 0.05) is 6.04 Å². The zero-order valence-electron chi connectivity index (χ0n) is 10.3. The van der Waals surface area contributed by atoms with Gasteiger partial charge in [0.15, 0.2) is 0 Å². The van der Waals surface area contributed by atoms with Crippen molar-refractivity contribution in [3.05, 3.63) is 51.8 Å². The molecule has 0 aliphatic heterocycles. The fourth-order valence-electron chi connectivity index (χ4n) is 1.77. The fourth-order valence-corrected chi connectivity index (χ4v) is 5.04. The summed E-state index contributed by atoms with van der Waals surface area (Å²) in [7, 11) is -3.42. The largest absolute Gasteiger partial charge is 0.250 e. The van der Waals surface area contributed by atoms with E-state index in [1.165, 1.54) is 11.3 Å². The van der Waals surface area contributed by atoms with Crippen molar-refractivity contribution < 1.29 is 8.42 Å². The molecule has 2 aromatic rings.